The number of rotatable bonds is 5. The van der Waals surface area contributed by atoms with Crippen molar-refractivity contribution in [3.63, 3.8) is 0 Å². The average molecular weight is 376 g/mol. The van der Waals surface area contributed by atoms with Crippen LogP contribution in [0.4, 0.5) is 17.1 Å². The SMILES string of the molecule is COc1cc(C(=O)Nc2ccccc2Nc2ccccc2)cc2c1OCCO2. The van der Waals surface area contributed by atoms with Crippen LogP contribution in [0, 0.1) is 0 Å². The number of carbonyl (C=O) groups is 1. The van der Waals surface area contributed by atoms with Gasteiger partial charge in [0.05, 0.1) is 18.5 Å². The summed E-state index contributed by atoms with van der Waals surface area (Å²) >= 11 is 0. The molecule has 28 heavy (non-hydrogen) atoms. The number of amides is 1. The van der Waals surface area contributed by atoms with Gasteiger partial charge in [-0.15, -0.1) is 0 Å². The van der Waals surface area contributed by atoms with Crippen molar-refractivity contribution in [3.8, 4) is 17.2 Å². The minimum atomic E-state index is -0.266. The number of hydrogen-bond donors (Lipinski definition) is 2. The van der Waals surface area contributed by atoms with Crippen LogP contribution in [-0.2, 0) is 0 Å². The summed E-state index contributed by atoms with van der Waals surface area (Å²) in [6.45, 7) is 0.887. The Morgan fingerprint density at radius 1 is 0.929 bits per heavy atom. The van der Waals surface area contributed by atoms with Crippen LogP contribution in [0.25, 0.3) is 0 Å². The van der Waals surface area contributed by atoms with Crippen LogP contribution in [0.15, 0.2) is 66.7 Å². The summed E-state index contributed by atoms with van der Waals surface area (Å²) in [7, 11) is 1.54. The number of para-hydroxylation sites is 3. The molecule has 3 aromatic carbocycles. The molecule has 0 radical (unpaired) electrons. The van der Waals surface area contributed by atoms with Gasteiger partial charge in [-0.1, -0.05) is 30.3 Å². The summed E-state index contributed by atoms with van der Waals surface area (Å²) in [5, 5.41) is 6.27. The first-order valence-electron chi connectivity index (χ1n) is 8.94. The Morgan fingerprint density at radius 2 is 1.64 bits per heavy atom. The highest BCUT2D eigenvalue weighted by Gasteiger charge is 2.21. The van der Waals surface area contributed by atoms with Gasteiger partial charge in [-0.2, -0.15) is 0 Å². The predicted octanol–water partition coefficient (Wildman–Crippen LogP) is 4.46. The molecule has 0 fully saturated rings. The maximum atomic E-state index is 12.9. The van der Waals surface area contributed by atoms with Gasteiger partial charge in [0.15, 0.2) is 11.5 Å². The molecule has 0 unspecified atom stereocenters. The normalized spacial score (nSPS) is 12.2. The first-order chi connectivity index (χ1) is 13.7. The van der Waals surface area contributed by atoms with Crippen LogP contribution in [0.5, 0.6) is 17.2 Å². The Labute approximate surface area is 163 Å². The molecular formula is C22H20N2O4. The van der Waals surface area contributed by atoms with E-state index in [0.29, 0.717) is 41.7 Å². The Hall–Kier alpha value is -3.67. The summed E-state index contributed by atoms with van der Waals surface area (Å²) in [5.74, 6) is 1.23. The fourth-order valence-corrected chi connectivity index (χ4v) is 2.98. The van der Waals surface area contributed by atoms with Crippen molar-refractivity contribution in [1.29, 1.82) is 0 Å². The van der Waals surface area contributed by atoms with E-state index in [4.69, 9.17) is 14.2 Å². The van der Waals surface area contributed by atoms with Crippen molar-refractivity contribution in [2.45, 2.75) is 0 Å². The van der Waals surface area contributed by atoms with Gasteiger partial charge in [-0.05, 0) is 36.4 Å². The molecule has 6 nitrogen and oxygen atoms in total. The number of benzene rings is 3. The molecule has 0 bridgehead atoms. The first-order valence-corrected chi connectivity index (χ1v) is 8.94. The van der Waals surface area contributed by atoms with E-state index in [9.17, 15) is 4.79 Å². The predicted molar refractivity (Wildman–Crippen MR) is 108 cm³/mol. The Bertz CT molecular complexity index is 972. The molecule has 1 aliphatic heterocycles. The van der Waals surface area contributed by atoms with Gasteiger partial charge < -0.3 is 24.8 Å². The van der Waals surface area contributed by atoms with E-state index in [1.54, 1.807) is 12.1 Å². The Balaban J connectivity index is 1.59. The second kappa shape index (κ2) is 7.92. The fraction of sp³-hybridized carbons (Fsp3) is 0.136. The average Bonchev–Trinajstić information content (AvgIpc) is 2.75. The number of methoxy groups -OCH3 is 1. The van der Waals surface area contributed by atoms with E-state index in [1.807, 2.05) is 54.6 Å². The van der Waals surface area contributed by atoms with Crippen LogP contribution < -0.4 is 24.8 Å². The topological polar surface area (TPSA) is 68.8 Å². The molecule has 0 aliphatic carbocycles. The van der Waals surface area contributed by atoms with Gasteiger partial charge in [0, 0.05) is 11.3 Å². The Kier molecular flexibility index (Phi) is 5.01. The van der Waals surface area contributed by atoms with E-state index in [1.165, 1.54) is 7.11 Å². The molecular weight excluding hydrogens is 356 g/mol. The van der Waals surface area contributed by atoms with E-state index in [-0.39, 0.29) is 5.91 Å². The second-order valence-electron chi connectivity index (χ2n) is 6.19. The highest BCUT2D eigenvalue weighted by atomic mass is 16.6. The largest absolute Gasteiger partial charge is 0.493 e. The van der Waals surface area contributed by atoms with Crippen molar-refractivity contribution in [3.05, 3.63) is 72.3 Å². The fourth-order valence-electron chi connectivity index (χ4n) is 2.98. The van der Waals surface area contributed by atoms with E-state index >= 15 is 0 Å². The zero-order chi connectivity index (χ0) is 19.3. The maximum Gasteiger partial charge on any atom is 0.255 e. The number of nitrogens with one attached hydrogen (secondary N) is 2. The second-order valence-corrected chi connectivity index (χ2v) is 6.19. The molecule has 1 heterocycles. The zero-order valence-corrected chi connectivity index (χ0v) is 15.4. The van der Waals surface area contributed by atoms with E-state index < -0.39 is 0 Å². The van der Waals surface area contributed by atoms with Gasteiger partial charge in [0.2, 0.25) is 5.75 Å². The minimum absolute atomic E-state index is 0.266. The van der Waals surface area contributed by atoms with Crippen molar-refractivity contribution in [2.24, 2.45) is 0 Å². The van der Waals surface area contributed by atoms with Gasteiger partial charge in [0.25, 0.3) is 5.91 Å². The van der Waals surface area contributed by atoms with Gasteiger partial charge in [-0.3, -0.25) is 4.79 Å². The number of ether oxygens (including phenoxy) is 3. The molecule has 3 aromatic rings. The quantitative estimate of drug-likeness (QED) is 0.688. The highest BCUT2D eigenvalue weighted by Crippen LogP contribution is 2.40. The molecule has 0 saturated heterocycles. The van der Waals surface area contributed by atoms with Gasteiger partial charge >= 0.3 is 0 Å². The number of hydrogen-bond acceptors (Lipinski definition) is 5. The van der Waals surface area contributed by atoms with Crippen LogP contribution in [-0.4, -0.2) is 26.2 Å². The monoisotopic (exact) mass is 376 g/mol. The van der Waals surface area contributed by atoms with Crippen LogP contribution >= 0.6 is 0 Å². The summed E-state index contributed by atoms with van der Waals surface area (Å²) < 4.78 is 16.6. The third kappa shape index (κ3) is 3.71. The highest BCUT2D eigenvalue weighted by molar-refractivity contribution is 6.06. The van der Waals surface area contributed by atoms with Crippen molar-refractivity contribution in [2.75, 3.05) is 31.0 Å². The van der Waals surface area contributed by atoms with E-state index in [0.717, 1.165) is 11.4 Å². The lowest BCUT2D eigenvalue weighted by molar-refractivity contribution is 0.102. The lowest BCUT2D eigenvalue weighted by atomic mass is 10.1. The van der Waals surface area contributed by atoms with Gasteiger partial charge in [0.1, 0.15) is 13.2 Å². The molecule has 0 aromatic heterocycles. The summed E-state index contributed by atoms with van der Waals surface area (Å²) in [6.07, 6.45) is 0. The third-order valence-electron chi connectivity index (χ3n) is 4.32. The zero-order valence-electron chi connectivity index (χ0n) is 15.4. The summed E-state index contributed by atoms with van der Waals surface area (Å²) in [5.41, 5.74) is 2.83. The van der Waals surface area contributed by atoms with Crippen molar-refractivity contribution >= 4 is 23.0 Å². The minimum Gasteiger partial charge on any atom is -0.493 e. The number of carbonyl (C=O) groups excluding carboxylic acids is 1. The molecule has 6 heteroatoms. The third-order valence-corrected chi connectivity index (χ3v) is 4.32. The van der Waals surface area contributed by atoms with Crippen LogP contribution in [0.2, 0.25) is 0 Å². The van der Waals surface area contributed by atoms with Crippen molar-refractivity contribution in [1.82, 2.24) is 0 Å². The van der Waals surface area contributed by atoms with Crippen molar-refractivity contribution < 1.29 is 19.0 Å². The Morgan fingerprint density at radius 3 is 2.43 bits per heavy atom. The number of fused-ring (bicyclic) bond motifs is 1. The lowest BCUT2D eigenvalue weighted by Gasteiger charge is -2.21. The molecule has 1 amide bonds. The van der Waals surface area contributed by atoms with Gasteiger partial charge in [-0.25, -0.2) is 0 Å². The molecule has 2 N–H and O–H groups in total. The summed E-state index contributed by atoms with van der Waals surface area (Å²) in [4.78, 5) is 12.9. The molecule has 0 saturated carbocycles. The molecule has 0 spiro atoms. The smallest absolute Gasteiger partial charge is 0.255 e. The standard InChI is InChI=1S/C22H20N2O4/c1-26-19-13-15(14-20-21(19)28-12-11-27-20)22(25)24-18-10-6-5-9-17(18)23-16-7-3-2-4-8-16/h2-10,13-14,23H,11-12H2,1H3,(H,24,25). The van der Waals surface area contributed by atoms with Crippen LogP contribution in [0.3, 0.4) is 0 Å². The first kappa shape index (κ1) is 17.7. The van der Waals surface area contributed by atoms with Crippen LogP contribution in [0.1, 0.15) is 10.4 Å². The lowest BCUT2D eigenvalue weighted by Crippen LogP contribution is -2.18. The molecule has 1 aliphatic rings. The van der Waals surface area contributed by atoms with E-state index in [2.05, 4.69) is 10.6 Å². The number of anilines is 3. The molecule has 142 valence electrons. The summed E-state index contributed by atoms with van der Waals surface area (Å²) in [6, 6.07) is 20.6. The molecule has 0 atom stereocenters. The molecule has 4 rings (SSSR count). The maximum absolute atomic E-state index is 12.9.